The number of nitrogens with one attached hydrogen (secondary N) is 3. The number of likely N-dealkylation sites (tertiary alicyclic amines) is 1. The molecule has 5 N–H and O–H groups in total. The van der Waals surface area contributed by atoms with Crippen LogP contribution in [0.2, 0.25) is 0 Å². The van der Waals surface area contributed by atoms with E-state index >= 15 is 0 Å². The number of hydrogen-bond donors (Lipinski definition) is 5. The molecule has 4 fully saturated rings. The number of hydrogen-bond acceptors (Lipinski definition) is 18. The molecule has 0 radical (unpaired) electrons. The van der Waals surface area contributed by atoms with Crippen molar-refractivity contribution in [3.63, 3.8) is 0 Å². The molecule has 4 aliphatic rings. The Morgan fingerprint density at radius 1 is 0.877 bits per heavy atom. The first-order valence-electron chi connectivity index (χ1n) is 19.3. The van der Waals surface area contributed by atoms with Gasteiger partial charge in [-0.2, -0.15) is 0 Å². The van der Waals surface area contributed by atoms with E-state index in [1.165, 1.54) is 30.2 Å². The molecule has 0 aromatic carbocycles. The zero-order valence-electron chi connectivity index (χ0n) is 32.1. The summed E-state index contributed by atoms with van der Waals surface area (Å²) in [6.07, 6.45) is 3.04. The van der Waals surface area contributed by atoms with E-state index in [2.05, 4.69) is 20.9 Å². The molecule has 23 heteroatoms. The molecule has 5 heterocycles. The van der Waals surface area contributed by atoms with Crippen LogP contribution < -0.4 is 16.0 Å². The molecule has 1 aromatic heterocycles. The third-order valence-electron chi connectivity index (χ3n) is 10.1. The van der Waals surface area contributed by atoms with Crippen molar-refractivity contribution in [1.29, 1.82) is 0 Å². The Morgan fingerprint density at radius 3 is 2.00 bits per heavy atom. The van der Waals surface area contributed by atoms with E-state index in [1.54, 1.807) is 0 Å². The van der Waals surface area contributed by atoms with Crippen LogP contribution in [0.4, 0.5) is 5.82 Å². The molecular weight excluding hydrogens is 807 g/mol. The van der Waals surface area contributed by atoms with Crippen LogP contribution in [-0.2, 0) is 39.4 Å². The zero-order valence-corrected chi connectivity index (χ0v) is 34.6. The molecule has 4 atom stereocenters. The van der Waals surface area contributed by atoms with Crippen molar-refractivity contribution in [2.45, 2.75) is 44.6 Å². The number of amides is 3. The average molecular weight is 858 g/mol. The van der Waals surface area contributed by atoms with Crippen LogP contribution in [0.15, 0.2) is 18.3 Å². The van der Waals surface area contributed by atoms with Gasteiger partial charge in [0.25, 0.3) is 5.91 Å². The first-order chi connectivity index (χ1) is 27.3. The minimum Gasteiger partial charge on any atom is -0.426 e. The number of carbonyl (C=O) groups is 7. The number of ketones is 1. The van der Waals surface area contributed by atoms with Gasteiger partial charge in [-0.25, -0.2) is 4.98 Å². The van der Waals surface area contributed by atoms with Crippen LogP contribution in [-0.4, -0.2) is 216 Å². The summed E-state index contributed by atoms with van der Waals surface area (Å²) in [5.74, 6) is -3.46. The predicted molar refractivity (Wildman–Crippen MR) is 202 cm³/mol. The number of pyridine rings is 1. The van der Waals surface area contributed by atoms with E-state index in [0.717, 1.165) is 0 Å². The fourth-order valence-electron chi connectivity index (χ4n) is 6.91. The van der Waals surface area contributed by atoms with E-state index in [1.807, 2.05) is 19.6 Å². The van der Waals surface area contributed by atoms with Crippen molar-refractivity contribution in [2.24, 2.45) is 0 Å². The number of carbonyl (C=O) groups excluding carboxylic acids is 7. The Morgan fingerprint density at radius 2 is 1.46 bits per heavy atom. The van der Waals surface area contributed by atoms with Gasteiger partial charge >= 0.3 is 194 Å². The van der Waals surface area contributed by atoms with Gasteiger partial charge < -0.3 is 25.6 Å². The second kappa shape index (κ2) is 21.6. The first-order valence-corrected chi connectivity index (χ1v) is 22.2. The average Bonchev–Trinajstić information content (AvgIpc) is 3.65. The van der Waals surface area contributed by atoms with Gasteiger partial charge in [0, 0.05) is 19.2 Å². The summed E-state index contributed by atoms with van der Waals surface area (Å²) in [5, 5.41) is 27.5. The summed E-state index contributed by atoms with van der Waals surface area (Å²) in [4.78, 5) is 102. The maximum Gasteiger partial charge on any atom is 0.475 e. The Labute approximate surface area is 337 Å². The van der Waals surface area contributed by atoms with Crippen LogP contribution in [0.3, 0.4) is 0 Å². The summed E-state index contributed by atoms with van der Waals surface area (Å²) >= 11 is -3.95. The molecule has 0 saturated carbocycles. The second-order valence-electron chi connectivity index (χ2n) is 14.5. The minimum absolute atomic E-state index is 0.00682. The van der Waals surface area contributed by atoms with Crippen LogP contribution >= 0.6 is 0 Å². The topological polar surface area (TPSA) is 253 Å². The van der Waals surface area contributed by atoms with Gasteiger partial charge in [0.2, 0.25) is 5.91 Å². The molecule has 310 valence electrons. The second-order valence-corrected chi connectivity index (χ2v) is 17.2. The van der Waals surface area contributed by atoms with Crippen molar-refractivity contribution in [1.82, 2.24) is 40.1 Å². The van der Waals surface area contributed by atoms with E-state index in [0.29, 0.717) is 84.0 Å². The molecular formula is C34H51BGaN9O12. The third-order valence-corrected chi connectivity index (χ3v) is 13.0. The fraction of sp³-hybridized carbons (Fsp3) is 0.647. The normalized spacial score (nSPS) is 24.0. The summed E-state index contributed by atoms with van der Waals surface area (Å²) in [6.45, 7) is 5.81. The minimum atomic E-state index is -3.95. The molecule has 0 spiro atoms. The van der Waals surface area contributed by atoms with E-state index < -0.39 is 66.1 Å². The summed E-state index contributed by atoms with van der Waals surface area (Å²) < 4.78 is 16.1. The summed E-state index contributed by atoms with van der Waals surface area (Å²) in [6, 6.07) is 2.16. The smallest absolute Gasteiger partial charge is 0.426 e. The molecule has 4 bridgehead atoms. The zero-order chi connectivity index (χ0) is 40.9. The Bertz CT molecular complexity index is 1580. The van der Waals surface area contributed by atoms with Crippen molar-refractivity contribution >= 4 is 71.7 Å². The van der Waals surface area contributed by atoms with Crippen molar-refractivity contribution < 1.29 is 54.2 Å². The Hall–Kier alpha value is -4.10. The number of anilines is 1. The quantitative estimate of drug-likeness (QED) is 0.0935. The van der Waals surface area contributed by atoms with Gasteiger partial charge in [-0.05, 0) is 31.9 Å². The number of Topliss-reactive ketones (excluding diaryl/α,β-unsaturated/α-hetero) is 1. The molecule has 2 unspecified atom stereocenters. The van der Waals surface area contributed by atoms with Crippen molar-refractivity contribution in [3.05, 3.63) is 23.9 Å². The number of nitrogens with zero attached hydrogens (tertiary/aromatic N) is 6. The maximum atomic E-state index is 13.0. The van der Waals surface area contributed by atoms with Gasteiger partial charge in [-0.3, -0.25) is 14.4 Å². The Balaban J connectivity index is 1.03. The van der Waals surface area contributed by atoms with Crippen LogP contribution in [0.25, 0.3) is 0 Å². The number of aromatic nitrogens is 1. The molecule has 4 aliphatic heterocycles. The standard InChI is InChI=1S/C34H54BN9O12.Ga/c1-24(34(54)44-9-3-5-27(44)35(55)56)39-33(53)25-6-7-28(37-18-25)38-19-26(45)4-2-8-36-29(46)20-40-10-12-41(21-30(47)48)14-16-43(23-32(51)52)17-15-42(13-11-40)22-31(49)50;/h6-7,18,24,27,55-56H,2-5,8-17,19-23H2,1H3,(H,36,46)(H,37,38)(H,39,53)(H,47,48)(H,49,50)(H,51,52);/q;+3/p-3/t24-,27+;/m1./s1. The maximum absolute atomic E-state index is 13.0. The van der Waals surface area contributed by atoms with Gasteiger partial charge in [-0.15, -0.1) is 0 Å². The fourth-order valence-corrected chi connectivity index (χ4v) is 9.04. The molecule has 21 nitrogen and oxygen atoms in total. The van der Waals surface area contributed by atoms with Crippen LogP contribution in [0, 0.1) is 0 Å². The van der Waals surface area contributed by atoms with E-state index in [-0.39, 0.29) is 62.9 Å². The van der Waals surface area contributed by atoms with Crippen molar-refractivity contribution in [2.75, 3.05) is 103 Å². The Kier molecular flexibility index (Phi) is 16.7. The SMILES string of the molecule is C[C@@H](NC(=O)c1ccc(NCC(=O)CCCNC(=O)CN2CCN3CCN4CCN(CC2)CC(=O)[O][Ga]([O]C(=O)C3)[O]C(=O)C4)nc1)C(=O)N1CCC[C@H]1B(O)O. The summed E-state index contributed by atoms with van der Waals surface area (Å²) in [7, 11) is -1.65. The first kappa shape index (κ1) is 44.0. The predicted octanol–water partition coefficient (Wildman–Crippen LogP) is -4.06. The van der Waals surface area contributed by atoms with Crippen LogP contribution in [0.5, 0.6) is 0 Å². The van der Waals surface area contributed by atoms with E-state index in [4.69, 9.17) is 10.6 Å². The molecule has 57 heavy (non-hydrogen) atoms. The van der Waals surface area contributed by atoms with Gasteiger partial charge in [0.1, 0.15) is 11.9 Å². The van der Waals surface area contributed by atoms with Crippen molar-refractivity contribution in [3.8, 4) is 0 Å². The molecule has 5 rings (SSSR count). The molecule has 3 amide bonds. The molecule has 0 aliphatic carbocycles. The largest absolute Gasteiger partial charge is 0.475 e. The number of fused-ring (bicyclic) bond motifs is 7. The molecule has 1 aromatic rings. The van der Waals surface area contributed by atoms with Gasteiger partial charge in [-0.1, -0.05) is 0 Å². The van der Waals surface area contributed by atoms with Gasteiger partial charge in [0.15, 0.2) is 5.78 Å². The number of rotatable bonds is 13. The van der Waals surface area contributed by atoms with E-state index in [9.17, 15) is 43.6 Å². The molecule has 4 saturated heterocycles. The summed E-state index contributed by atoms with van der Waals surface area (Å²) in [5.41, 5.74) is 0.204. The van der Waals surface area contributed by atoms with Crippen LogP contribution in [0.1, 0.15) is 43.0 Å². The van der Waals surface area contributed by atoms with Gasteiger partial charge in [0.05, 0.1) is 18.0 Å². The monoisotopic (exact) mass is 857 g/mol. The third kappa shape index (κ3) is 14.1.